The Labute approximate surface area is 92.6 Å². The van der Waals surface area contributed by atoms with Gasteiger partial charge in [-0.2, -0.15) is 11.3 Å². The lowest BCUT2D eigenvalue weighted by Gasteiger charge is -2.10. The van der Waals surface area contributed by atoms with Crippen molar-refractivity contribution in [1.82, 2.24) is 5.32 Å². The average molecular weight is 229 g/mol. The molecular weight excluding hydrogens is 214 g/mol. The molecule has 1 heterocycles. The third-order valence-electron chi connectivity index (χ3n) is 1.98. The van der Waals surface area contributed by atoms with Gasteiger partial charge in [-0.05, 0) is 28.8 Å². The second-order valence-corrected chi connectivity index (χ2v) is 3.98. The zero-order valence-electron chi connectivity index (χ0n) is 8.35. The monoisotopic (exact) mass is 229 g/mol. The number of hydrogen-bond donors (Lipinski definition) is 3. The van der Waals surface area contributed by atoms with Gasteiger partial charge in [-0.15, -0.1) is 0 Å². The summed E-state index contributed by atoms with van der Waals surface area (Å²) < 4.78 is 0. The molecule has 15 heavy (non-hydrogen) atoms. The molecule has 5 heteroatoms. The molecule has 0 aliphatic carbocycles. The van der Waals surface area contributed by atoms with Crippen LogP contribution in [0.25, 0.3) is 0 Å². The molecule has 1 unspecified atom stereocenters. The molecule has 0 radical (unpaired) electrons. The zero-order valence-corrected chi connectivity index (χ0v) is 9.17. The molecule has 1 atom stereocenters. The van der Waals surface area contributed by atoms with Crippen molar-refractivity contribution >= 4 is 17.2 Å². The smallest absolute Gasteiger partial charge is 0.220 e. The van der Waals surface area contributed by atoms with E-state index >= 15 is 0 Å². The van der Waals surface area contributed by atoms with Gasteiger partial charge in [-0.3, -0.25) is 4.79 Å². The van der Waals surface area contributed by atoms with E-state index in [4.69, 9.17) is 5.11 Å². The highest BCUT2D eigenvalue weighted by molar-refractivity contribution is 7.07. The van der Waals surface area contributed by atoms with Gasteiger partial charge >= 0.3 is 0 Å². The highest BCUT2D eigenvalue weighted by Gasteiger charge is 2.09. The first-order chi connectivity index (χ1) is 7.24. The van der Waals surface area contributed by atoms with E-state index in [1.807, 2.05) is 16.8 Å². The topological polar surface area (TPSA) is 69.6 Å². The van der Waals surface area contributed by atoms with Gasteiger partial charge in [0.1, 0.15) is 0 Å². The summed E-state index contributed by atoms with van der Waals surface area (Å²) in [5.74, 6) is -0.140. The second kappa shape index (κ2) is 6.55. The molecule has 0 aliphatic heterocycles. The van der Waals surface area contributed by atoms with Crippen molar-refractivity contribution in [2.24, 2.45) is 0 Å². The van der Waals surface area contributed by atoms with Crippen molar-refractivity contribution in [3.05, 3.63) is 22.4 Å². The largest absolute Gasteiger partial charge is 0.396 e. The van der Waals surface area contributed by atoms with Crippen LogP contribution in [-0.4, -0.2) is 29.3 Å². The predicted octanol–water partition coefficient (Wildman–Crippen LogP) is 0.670. The van der Waals surface area contributed by atoms with E-state index in [1.165, 1.54) is 11.3 Å². The van der Waals surface area contributed by atoms with Gasteiger partial charge < -0.3 is 15.5 Å². The summed E-state index contributed by atoms with van der Waals surface area (Å²) in [4.78, 5) is 11.1. The molecule has 3 N–H and O–H groups in total. The number of nitrogens with one attached hydrogen (secondary N) is 1. The van der Waals surface area contributed by atoms with E-state index in [9.17, 15) is 9.90 Å². The summed E-state index contributed by atoms with van der Waals surface area (Å²) in [5.41, 5.74) is 0.822. The molecule has 1 aromatic heterocycles. The molecule has 1 aromatic rings. The molecule has 0 aliphatic rings. The number of amides is 1. The number of aliphatic hydroxyl groups excluding tert-OH is 2. The van der Waals surface area contributed by atoms with E-state index in [-0.39, 0.29) is 19.1 Å². The van der Waals surface area contributed by atoms with Crippen molar-refractivity contribution < 1.29 is 15.0 Å². The minimum absolute atomic E-state index is 0.0144. The first-order valence-electron chi connectivity index (χ1n) is 4.81. The van der Waals surface area contributed by atoms with Crippen molar-refractivity contribution in [2.75, 3.05) is 13.2 Å². The Morgan fingerprint density at radius 1 is 1.60 bits per heavy atom. The number of thiophene rings is 1. The molecule has 1 rings (SSSR count). The maximum absolute atomic E-state index is 11.1. The lowest BCUT2D eigenvalue weighted by atomic mass is 10.2. The highest BCUT2D eigenvalue weighted by atomic mass is 32.1. The minimum atomic E-state index is -0.644. The fraction of sp³-hybridized carbons (Fsp3) is 0.500. The van der Waals surface area contributed by atoms with E-state index in [0.29, 0.717) is 12.8 Å². The van der Waals surface area contributed by atoms with Crippen LogP contribution in [0.2, 0.25) is 0 Å². The zero-order chi connectivity index (χ0) is 11.1. The Bertz CT molecular complexity index is 287. The molecule has 0 bridgehead atoms. The minimum Gasteiger partial charge on any atom is -0.396 e. The van der Waals surface area contributed by atoms with Crippen LogP contribution in [0.4, 0.5) is 0 Å². The average Bonchev–Trinajstić information content (AvgIpc) is 2.76. The molecule has 0 spiro atoms. The van der Waals surface area contributed by atoms with Gasteiger partial charge in [-0.1, -0.05) is 0 Å². The van der Waals surface area contributed by atoms with Crippen LogP contribution in [0.15, 0.2) is 16.8 Å². The Balaban J connectivity index is 2.22. The van der Waals surface area contributed by atoms with Crippen LogP contribution in [0.3, 0.4) is 0 Å². The summed E-state index contributed by atoms with van der Waals surface area (Å²) >= 11 is 1.51. The summed E-state index contributed by atoms with van der Waals surface area (Å²) in [6.45, 7) is 0.238. The van der Waals surface area contributed by atoms with Crippen molar-refractivity contribution in [3.63, 3.8) is 0 Å². The van der Waals surface area contributed by atoms with Crippen LogP contribution in [0, 0.1) is 0 Å². The van der Waals surface area contributed by atoms with Gasteiger partial charge in [0.15, 0.2) is 0 Å². The number of carbonyl (C=O) groups excluding carboxylic acids is 1. The van der Waals surface area contributed by atoms with Gasteiger partial charge in [0.05, 0.1) is 6.10 Å². The fourth-order valence-electron chi connectivity index (χ4n) is 1.12. The molecule has 1 amide bonds. The van der Waals surface area contributed by atoms with E-state index in [1.54, 1.807) is 0 Å². The summed E-state index contributed by atoms with van der Waals surface area (Å²) in [7, 11) is 0. The second-order valence-electron chi connectivity index (χ2n) is 3.20. The fourth-order valence-corrected chi connectivity index (χ4v) is 1.83. The number of carbonyl (C=O) groups is 1. The van der Waals surface area contributed by atoms with Gasteiger partial charge in [0, 0.05) is 19.6 Å². The predicted molar refractivity (Wildman–Crippen MR) is 58.6 cm³/mol. The van der Waals surface area contributed by atoms with Gasteiger partial charge in [0.2, 0.25) is 5.91 Å². The normalized spacial score (nSPS) is 12.4. The van der Waals surface area contributed by atoms with Crippen LogP contribution in [-0.2, 0) is 4.79 Å². The third kappa shape index (κ3) is 4.42. The highest BCUT2D eigenvalue weighted by Crippen LogP contribution is 2.14. The van der Waals surface area contributed by atoms with Crippen LogP contribution in [0.1, 0.15) is 24.5 Å². The summed E-state index contributed by atoms with van der Waals surface area (Å²) in [5, 5.41) is 24.5. The molecule has 84 valence electrons. The Morgan fingerprint density at radius 3 is 3.00 bits per heavy atom. The molecule has 0 fully saturated rings. The Kier molecular flexibility index (Phi) is 5.31. The summed E-state index contributed by atoms with van der Waals surface area (Å²) in [6.07, 6.45) is 0.113. The first-order valence-corrected chi connectivity index (χ1v) is 5.76. The van der Waals surface area contributed by atoms with E-state index in [2.05, 4.69) is 5.32 Å². The van der Waals surface area contributed by atoms with Gasteiger partial charge in [0.25, 0.3) is 0 Å². The third-order valence-corrected chi connectivity index (χ3v) is 2.68. The van der Waals surface area contributed by atoms with Crippen molar-refractivity contribution in [2.45, 2.75) is 18.9 Å². The first kappa shape index (κ1) is 12.2. The van der Waals surface area contributed by atoms with Crippen LogP contribution in [0.5, 0.6) is 0 Å². The lowest BCUT2D eigenvalue weighted by Crippen LogP contribution is -2.28. The standard InChI is InChI=1S/C10H15NO3S/c12-4-1-2-10(14)11-6-9(13)8-3-5-15-7-8/h3,5,7,9,12-13H,1-2,4,6H2,(H,11,14). The quantitative estimate of drug-likeness (QED) is 0.671. The lowest BCUT2D eigenvalue weighted by molar-refractivity contribution is -0.121. The van der Waals surface area contributed by atoms with Crippen molar-refractivity contribution in [3.8, 4) is 0 Å². The van der Waals surface area contributed by atoms with Crippen LogP contribution >= 0.6 is 11.3 Å². The SMILES string of the molecule is O=C(CCCO)NCC(O)c1ccsc1. The maximum Gasteiger partial charge on any atom is 0.220 e. The Morgan fingerprint density at radius 2 is 2.40 bits per heavy atom. The van der Waals surface area contributed by atoms with E-state index in [0.717, 1.165) is 5.56 Å². The molecule has 0 saturated carbocycles. The molecule has 0 aromatic carbocycles. The number of aliphatic hydroxyl groups is 2. The summed E-state index contributed by atoms with van der Waals surface area (Å²) in [6, 6.07) is 1.83. The van der Waals surface area contributed by atoms with Crippen molar-refractivity contribution in [1.29, 1.82) is 0 Å². The van der Waals surface area contributed by atoms with E-state index < -0.39 is 6.10 Å². The maximum atomic E-state index is 11.1. The molecule has 0 saturated heterocycles. The molecular formula is C10H15NO3S. The number of rotatable bonds is 6. The van der Waals surface area contributed by atoms with Gasteiger partial charge in [-0.25, -0.2) is 0 Å². The number of hydrogen-bond acceptors (Lipinski definition) is 4. The van der Waals surface area contributed by atoms with Crippen LogP contribution < -0.4 is 5.32 Å². The Hall–Kier alpha value is -0.910. The molecule has 4 nitrogen and oxygen atoms in total.